The summed E-state index contributed by atoms with van der Waals surface area (Å²) in [5.41, 5.74) is -0.826. The summed E-state index contributed by atoms with van der Waals surface area (Å²) >= 11 is 0. The largest absolute Gasteiger partial charge is 0.463 e. The molecule has 82 valence electrons. The van der Waals surface area contributed by atoms with Crippen LogP contribution in [0.2, 0.25) is 0 Å². The van der Waals surface area contributed by atoms with Crippen LogP contribution in [0.1, 0.15) is 0 Å². The third kappa shape index (κ3) is 1.18. The van der Waals surface area contributed by atoms with Gasteiger partial charge in [-0.25, -0.2) is 9.59 Å². The Morgan fingerprint density at radius 1 is 1.00 bits per heavy atom. The molecule has 0 fully saturated rings. The fourth-order valence-corrected chi connectivity index (χ4v) is 1.51. The highest BCUT2D eigenvalue weighted by Crippen LogP contribution is 2.10. The van der Waals surface area contributed by atoms with Crippen molar-refractivity contribution in [3.05, 3.63) is 34.6 Å². The van der Waals surface area contributed by atoms with Crippen molar-refractivity contribution in [1.29, 1.82) is 0 Å². The summed E-state index contributed by atoms with van der Waals surface area (Å²) in [7, 11) is 0. The van der Waals surface area contributed by atoms with Crippen LogP contribution in [0.3, 0.4) is 0 Å². The number of carboxylic acid groups (broad SMARTS) is 2. The van der Waals surface area contributed by atoms with Crippen LogP contribution < -0.4 is 5.56 Å². The third-order valence-electron chi connectivity index (χ3n) is 2.12. The molecule has 2 rings (SSSR count). The average molecular weight is 222 g/mol. The van der Waals surface area contributed by atoms with E-state index in [0.717, 1.165) is 0 Å². The van der Waals surface area contributed by atoms with E-state index in [4.69, 9.17) is 10.2 Å². The quantitative estimate of drug-likeness (QED) is 0.688. The first-order valence-electron chi connectivity index (χ1n) is 4.23. The number of carbonyl (C=O) groups is 2. The summed E-state index contributed by atoms with van der Waals surface area (Å²) in [5, 5.41) is 17.7. The SMILES string of the molecule is O=C(O)n1c(=O)c2ccccc2n1C(=O)O. The van der Waals surface area contributed by atoms with Crippen LogP contribution in [0, 0.1) is 0 Å². The standard InChI is InChI=1S/C9H6N2O5/c12-7-5-3-1-2-4-6(5)10(8(13)14)11(7)9(15)16/h1-4H,(H,13,14)(H,15,16). The van der Waals surface area contributed by atoms with E-state index in [1.807, 2.05) is 0 Å². The molecule has 0 unspecified atom stereocenters. The van der Waals surface area contributed by atoms with E-state index in [2.05, 4.69) is 0 Å². The summed E-state index contributed by atoms with van der Waals surface area (Å²) in [6, 6.07) is 5.79. The second kappa shape index (κ2) is 3.23. The van der Waals surface area contributed by atoms with Gasteiger partial charge in [-0.05, 0) is 12.1 Å². The summed E-state index contributed by atoms with van der Waals surface area (Å²) in [4.78, 5) is 33.3. The minimum absolute atomic E-state index is 0.0439. The van der Waals surface area contributed by atoms with Gasteiger partial charge in [0.25, 0.3) is 5.56 Å². The average Bonchev–Trinajstić information content (AvgIpc) is 2.53. The van der Waals surface area contributed by atoms with Crippen LogP contribution >= 0.6 is 0 Å². The lowest BCUT2D eigenvalue weighted by Gasteiger charge is -2.01. The van der Waals surface area contributed by atoms with Gasteiger partial charge in [-0.3, -0.25) is 4.79 Å². The lowest BCUT2D eigenvalue weighted by molar-refractivity contribution is 0.172. The second-order valence-electron chi connectivity index (χ2n) is 3.01. The van der Waals surface area contributed by atoms with Gasteiger partial charge in [0, 0.05) is 0 Å². The number of benzene rings is 1. The lowest BCUT2D eigenvalue weighted by atomic mass is 10.2. The fraction of sp³-hybridized carbons (Fsp3) is 0. The number of hydrogen-bond acceptors (Lipinski definition) is 3. The van der Waals surface area contributed by atoms with E-state index >= 15 is 0 Å². The molecule has 0 saturated carbocycles. The number of aromatic nitrogens is 2. The number of nitrogens with zero attached hydrogens (tertiary/aromatic N) is 2. The van der Waals surface area contributed by atoms with Crippen molar-refractivity contribution >= 4 is 23.1 Å². The molecule has 7 nitrogen and oxygen atoms in total. The molecule has 0 aliphatic rings. The molecule has 0 amide bonds. The number of hydrogen-bond donors (Lipinski definition) is 2. The molecule has 1 aromatic carbocycles. The molecule has 2 aromatic rings. The molecule has 0 aliphatic heterocycles. The van der Waals surface area contributed by atoms with Crippen molar-refractivity contribution in [2.24, 2.45) is 0 Å². The van der Waals surface area contributed by atoms with Gasteiger partial charge in [0.1, 0.15) is 0 Å². The Balaban J connectivity index is 3.04. The van der Waals surface area contributed by atoms with Crippen LogP contribution in [0.15, 0.2) is 29.1 Å². The molecule has 1 aromatic heterocycles. The minimum atomic E-state index is -1.64. The van der Waals surface area contributed by atoms with Crippen molar-refractivity contribution in [2.75, 3.05) is 0 Å². The van der Waals surface area contributed by atoms with E-state index in [1.165, 1.54) is 24.3 Å². The molecule has 0 radical (unpaired) electrons. The van der Waals surface area contributed by atoms with Gasteiger partial charge >= 0.3 is 12.2 Å². The van der Waals surface area contributed by atoms with Crippen molar-refractivity contribution in [3.63, 3.8) is 0 Å². The summed E-state index contributed by atoms with van der Waals surface area (Å²) in [5.74, 6) is 0. The molecular formula is C9H6N2O5. The normalized spacial score (nSPS) is 10.5. The predicted molar refractivity (Wildman–Crippen MR) is 53.0 cm³/mol. The maximum atomic E-state index is 11.6. The molecule has 0 bridgehead atoms. The minimum Gasteiger partial charge on any atom is -0.463 e. The zero-order valence-electron chi connectivity index (χ0n) is 7.82. The maximum Gasteiger partial charge on any atom is 0.434 e. The highest BCUT2D eigenvalue weighted by molar-refractivity contribution is 5.90. The van der Waals surface area contributed by atoms with Gasteiger partial charge in [0.2, 0.25) is 0 Å². The molecule has 7 heteroatoms. The molecule has 0 aliphatic carbocycles. The topological polar surface area (TPSA) is 102 Å². The van der Waals surface area contributed by atoms with Crippen molar-refractivity contribution in [3.8, 4) is 0 Å². The van der Waals surface area contributed by atoms with Crippen molar-refractivity contribution < 1.29 is 19.8 Å². The number of rotatable bonds is 0. The molecule has 16 heavy (non-hydrogen) atoms. The molecule has 0 atom stereocenters. The Morgan fingerprint density at radius 2 is 1.56 bits per heavy atom. The Morgan fingerprint density at radius 3 is 2.12 bits per heavy atom. The predicted octanol–water partition coefficient (Wildman–Crippen LogP) is 0.855. The first-order valence-corrected chi connectivity index (χ1v) is 4.23. The van der Waals surface area contributed by atoms with Gasteiger partial charge in [-0.1, -0.05) is 12.1 Å². The molecular weight excluding hydrogens is 216 g/mol. The highest BCUT2D eigenvalue weighted by Gasteiger charge is 2.21. The maximum absolute atomic E-state index is 11.6. The third-order valence-corrected chi connectivity index (χ3v) is 2.12. The van der Waals surface area contributed by atoms with Crippen LogP contribution in [-0.4, -0.2) is 31.8 Å². The zero-order valence-corrected chi connectivity index (χ0v) is 7.82. The Labute approximate surface area is 87.7 Å². The van der Waals surface area contributed by atoms with E-state index in [-0.39, 0.29) is 15.6 Å². The Bertz CT molecular complexity index is 651. The van der Waals surface area contributed by atoms with Crippen LogP contribution in [-0.2, 0) is 0 Å². The number of para-hydroxylation sites is 1. The van der Waals surface area contributed by atoms with Gasteiger partial charge in [-0.2, -0.15) is 4.68 Å². The molecule has 0 saturated heterocycles. The second-order valence-corrected chi connectivity index (χ2v) is 3.01. The Kier molecular flexibility index (Phi) is 2.01. The van der Waals surface area contributed by atoms with E-state index in [9.17, 15) is 14.4 Å². The monoisotopic (exact) mass is 222 g/mol. The molecule has 1 heterocycles. The van der Waals surface area contributed by atoms with Crippen LogP contribution in [0.4, 0.5) is 9.59 Å². The zero-order chi connectivity index (χ0) is 11.9. The van der Waals surface area contributed by atoms with Gasteiger partial charge < -0.3 is 10.2 Å². The first-order chi connectivity index (χ1) is 7.54. The summed E-state index contributed by atoms with van der Waals surface area (Å²) < 4.78 is 0.562. The lowest BCUT2D eigenvalue weighted by Crippen LogP contribution is -2.31. The smallest absolute Gasteiger partial charge is 0.434 e. The van der Waals surface area contributed by atoms with Gasteiger partial charge in [0.15, 0.2) is 0 Å². The van der Waals surface area contributed by atoms with E-state index < -0.39 is 17.7 Å². The molecule has 2 N–H and O–H groups in total. The van der Waals surface area contributed by atoms with E-state index in [1.54, 1.807) is 0 Å². The number of fused-ring (bicyclic) bond motifs is 1. The van der Waals surface area contributed by atoms with Crippen molar-refractivity contribution in [2.45, 2.75) is 0 Å². The van der Waals surface area contributed by atoms with E-state index in [0.29, 0.717) is 4.68 Å². The van der Waals surface area contributed by atoms with Crippen LogP contribution in [0.25, 0.3) is 10.9 Å². The van der Waals surface area contributed by atoms with Crippen molar-refractivity contribution in [1.82, 2.24) is 9.36 Å². The van der Waals surface area contributed by atoms with Crippen LogP contribution in [0.5, 0.6) is 0 Å². The van der Waals surface area contributed by atoms with Gasteiger partial charge in [0.05, 0.1) is 10.9 Å². The Hall–Kier alpha value is -2.57. The fourth-order valence-electron chi connectivity index (χ4n) is 1.51. The summed E-state index contributed by atoms with van der Waals surface area (Å²) in [6.07, 6.45) is -3.16. The first kappa shape index (κ1) is 9.97. The van der Waals surface area contributed by atoms with Gasteiger partial charge in [-0.15, -0.1) is 4.68 Å². The summed E-state index contributed by atoms with van der Waals surface area (Å²) in [6.45, 7) is 0. The molecule has 0 spiro atoms. The highest BCUT2D eigenvalue weighted by atomic mass is 16.4.